The van der Waals surface area contributed by atoms with Crippen LogP contribution in [0, 0.1) is 24.0 Å². The third-order valence-corrected chi connectivity index (χ3v) is 2.36. The van der Waals surface area contributed by atoms with Crippen LogP contribution < -0.4 is 5.73 Å². The molecule has 2 N–H and O–H groups in total. The van der Waals surface area contributed by atoms with E-state index in [9.17, 15) is 10.1 Å². The second-order valence-electron chi connectivity index (χ2n) is 3.68. The molecule has 2 aromatic heterocycles. The molecule has 0 spiro atoms. The van der Waals surface area contributed by atoms with E-state index in [1.165, 1.54) is 4.68 Å². The number of hydrogen-bond donors (Lipinski definition) is 1. The van der Waals surface area contributed by atoms with E-state index in [0.717, 1.165) is 5.56 Å². The van der Waals surface area contributed by atoms with Crippen LogP contribution >= 0.6 is 0 Å². The minimum Gasteiger partial charge on any atom is -0.378 e. The van der Waals surface area contributed by atoms with Gasteiger partial charge in [0.1, 0.15) is 5.69 Å². The fourth-order valence-electron chi connectivity index (χ4n) is 1.57. The van der Waals surface area contributed by atoms with Gasteiger partial charge in [0.05, 0.1) is 4.92 Å². The molecule has 2 aromatic rings. The maximum Gasteiger partial charge on any atom is 0.333 e. The SMILES string of the molecule is Cc1ccnc(-n2nc(C)c([N+](=O)[O-])c2N)c1. The molecule has 0 aliphatic rings. The zero-order chi connectivity index (χ0) is 12.6. The maximum atomic E-state index is 10.8. The Labute approximate surface area is 97.0 Å². The Kier molecular flexibility index (Phi) is 2.51. The molecule has 88 valence electrons. The summed E-state index contributed by atoms with van der Waals surface area (Å²) in [6, 6.07) is 3.58. The molecule has 0 amide bonds. The van der Waals surface area contributed by atoms with Gasteiger partial charge in [-0.1, -0.05) is 0 Å². The largest absolute Gasteiger partial charge is 0.378 e. The first-order valence-corrected chi connectivity index (χ1v) is 4.93. The molecular formula is C10H11N5O2. The van der Waals surface area contributed by atoms with Crippen LogP contribution in [0.4, 0.5) is 11.5 Å². The lowest BCUT2D eigenvalue weighted by Gasteiger charge is -2.02. The number of anilines is 1. The second-order valence-corrected chi connectivity index (χ2v) is 3.68. The first kappa shape index (κ1) is 11.1. The molecule has 17 heavy (non-hydrogen) atoms. The molecule has 0 radical (unpaired) electrons. The van der Waals surface area contributed by atoms with E-state index in [-0.39, 0.29) is 17.2 Å². The first-order chi connectivity index (χ1) is 8.00. The number of nitrogen functional groups attached to an aromatic ring is 1. The van der Waals surface area contributed by atoms with Crippen molar-refractivity contribution in [2.45, 2.75) is 13.8 Å². The molecular weight excluding hydrogens is 222 g/mol. The summed E-state index contributed by atoms with van der Waals surface area (Å²) in [6.07, 6.45) is 1.60. The molecule has 0 atom stereocenters. The number of pyridine rings is 1. The highest BCUT2D eigenvalue weighted by Gasteiger charge is 2.23. The third kappa shape index (κ3) is 1.82. The third-order valence-electron chi connectivity index (χ3n) is 2.36. The van der Waals surface area contributed by atoms with Crippen molar-refractivity contribution in [2.75, 3.05) is 5.73 Å². The number of nitro groups is 1. The van der Waals surface area contributed by atoms with Crippen LogP contribution in [-0.2, 0) is 0 Å². The van der Waals surface area contributed by atoms with Gasteiger partial charge in [0.25, 0.3) is 0 Å². The molecule has 0 saturated carbocycles. The predicted molar refractivity (Wildman–Crippen MR) is 61.9 cm³/mol. The van der Waals surface area contributed by atoms with Crippen LogP contribution in [0.15, 0.2) is 18.3 Å². The molecule has 2 rings (SSSR count). The molecule has 0 unspecified atom stereocenters. The highest BCUT2D eigenvalue weighted by Crippen LogP contribution is 2.27. The number of aromatic nitrogens is 3. The summed E-state index contributed by atoms with van der Waals surface area (Å²) in [7, 11) is 0. The van der Waals surface area contributed by atoms with Crippen LogP contribution in [0.1, 0.15) is 11.3 Å². The van der Waals surface area contributed by atoms with E-state index >= 15 is 0 Å². The highest BCUT2D eigenvalue weighted by atomic mass is 16.6. The average molecular weight is 233 g/mol. The van der Waals surface area contributed by atoms with Crippen molar-refractivity contribution >= 4 is 11.5 Å². The van der Waals surface area contributed by atoms with E-state index in [2.05, 4.69) is 10.1 Å². The maximum absolute atomic E-state index is 10.8. The van der Waals surface area contributed by atoms with E-state index < -0.39 is 4.92 Å². The van der Waals surface area contributed by atoms with Gasteiger partial charge in [-0.3, -0.25) is 10.1 Å². The molecule has 0 saturated heterocycles. The second kappa shape index (κ2) is 3.85. The highest BCUT2D eigenvalue weighted by molar-refractivity contribution is 5.59. The van der Waals surface area contributed by atoms with Crippen molar-refractivity contribution in [3.63, 3.8) is 0 Å². The normalized spacial score (nSPS) is 10.5. The summed E-state index contributed by atoms with van der Waals surface area (Å²) < 4.78 is 1.28. The minimum absolute atomic E-state index is 0.00870. The van der Waals surface area contributed by atoms with Crippen molar-refractivity contribution in [1.29, 1.82) is 0 Å². The summed E-state index contributed by atoms with van der Waals surface area (Å²) in [5.74, 6) is 0.462. The topological polar surface area (TPSA) is 99.9 Å². The van der Waals surface area contributed by atoms with E-state index in [4.69, 9.17) is 5.73 Å². The van der Waals surface area contributed by atoms with E-state index in [1.54, 1.807) is 19.2 Å². The van der Waals surface area contributed by atoms with Gasteiger partial charge in [0, 0.05) is 6.20 Å². The van der Waals surface area contributed by atoms with Gasteiger partial charge in [0.2, 0.25) is 5.82 Å². The summed E-state index contributed by atoms with van der Waals surface area (Å²) in [5.41, 5.74) is 6.78. The number of aryl methyl sites for hydroxylation is 2. The van der Waals surface area contributed by atoms with Crippen LogP contribution in [0.2, 0.25) is 0 Å². The lowest BCUT2D eigenvalue weighted by Crippen LogP contribution is -2.05. The fourth-order valence-corrected chi connectivity index (χ4v) is 1.57. The number of hydrogen-bond acceptors (Lipinski definition) is 5. The van der Waals surface area contributed by atoms with Gasteiger partial charge in [-0.2, -0.15) is 9.78 Å². The van der Waals surface area contributed by atoms with Gasteiger partial charge in [-0.05, 0) is 31.5 Å². The van der Waals surface area contributed by atoms with Crippen molar-refractivity contribution in [3.05, 3.63) is 39.7 Å². The summed E-state index contributed by atoms with van der Waals surface area (Å²) in [6.45, 7) is 3.44. The minimum atomic E-state index is -0.538. The lowest BCUT2D eigenvalue weighted by atomic mass is 10.3. The van der Waals surface area contributed by atoms with E-state index in [0.29, 0.717) is 5.82 Å². The van der Waals surface area contributed by atoms with Gasteiger partial charge >= 0.3 is 5.69 Å². The molecule has 0 aliphatic carbocycles. The number of rotatable bonds is 2. The molecule has 7 heteroatoms. The molecule has 7 nitrogen and oxygen atoms in total. The average Bonchev–Trinajstić information content (AvgIpc) is 2.54. The van der Waals surface area contributed by atoms with Crippen molar-refractivity contribution < 1.29 is 4.92 Å². The summed E-state index contributed by atoms with van der Waals surface area (Å²) >= 11 is 0. The standard InChI is InChI=1S/C10H11N5O2/c1-6-3-4-12-8(5-6)14-10(11)9(15(16)17)7(2)13-14/h3-5H,11H2,1-2H3. The summed E-state index contributed by atoms with van der Waals surface area (Å²) in [4.78, 5) is 14.4. The summed E-state index contributed by atoms with van der Waals surface area (Å²) in [5, 5.41) is 14.8. The Morgan fingerprint density at radius 1 is 1.47 bits per heavy atom. The van der Waals surface area contributed by atoms with Crippen LogP contribution in [0.25, 0.3) is 5.82 Å². The van der Waals surface area contributed by atoms with Gasteiger partial charge in [0.15, 0.2) is 5.82 Å². The molecule has 2 heterocycles. The van der Waals surface area contributed by atoms with Gasteiger partial charge in [-0.15, -0.1) is 0 Å². The fraction of sp³-hybridized carbons (Fsp3) is 0.200. The Morgan fingerprint density at radius 2 is 2.18 bits per heavy atom. The molecule has 0 fully saturated rings. The zero-order valence-corrected chi connectivity index (χ0v) is 9.41. The smallest absolute Gasteiger partial charge is 0.333 e. The predicted octanol–water partition coefficient (Wildman–Crippen LogP) is 1.37. The van der Waals surface area contributed by atoms with Crippen LogP contribution in [0.3, 0.4) is 0 Å². The Bertz CT molecular complexity index is 590. The first-order valence-electron chi connectivity index (χ1n) is 4.93. The molecule has 0 aliphatic heterocycles. The van der Waals surface area contributed by atoms with Gasteiger partial charge in [-0.25, -0.2) is 4.98 Å². The number of nitrogens with zero attached hydrogens (tertiary/aromatic N) is 4. The van der Waals surface area contributed by atoms with Crippen molar-refractivity contribution in [1.82, 2.24) is 14.8 Å². The van der Waals surface area contributed by atoms with Gasteiger partial charge < -0.3 is 5.73 Å². The Balaban J connectivity index is 2.62. The van der Waals surface area contributed by atoms with E-state index in [1.807, 2.05) is 13.0 Å². The van der Waals surface area contributed by atoms with Crippen molar-refractivity contribution in [3.8, 4) is 5.82 Å². The Morgan fingerprint density at radius 3 is 2.71 bits per heavy atom. The lowest BCUT2D eigenvalue weighted by molar-refractivity contribution is -0.384. The van der Waals surface area contributed by atoms with Crippen LogP contribution in [-0.4, -0.2) is 19.7 Å². The monoisotopic (exact) mass is 233 g/mol. The molecule has 0 aromatic carbocycles. The Hall–Kier alpha value is -2.44. The molecule has 0 bridgehead atoms. The van der Waals surface area contributed by atoms with Crippen molar-refractivity contribution in [2.24, 2.45) is 0 Å². The number of nitrogens with two attached hydrogens (primary N) is 1. The van der Waals surface area contributed by atoms with Crippen LogP contribution in [0.5, 0.6) is 0 Å². The zero-order valence-electron chi connectivity index (χ0n) is 9.41. The quantitative estimate of drug-likeness (QED) is 0.623.